The minimum Gasteiger partial charge on any atom is -0.494 e. The second kappa shape index (κ2) is 8.53. The average molecular weight is 411 g/mol. The van der Waals surface area contributed by atoms with Gasteiger partial charge in [0.15, 0.2) is 0 Å². The molecule has 0 spiro atoms. The zero-order valence-corrected chi connectivity index (χ0v) is 16.4. The van der Waals surface area contributed by atoms with E-state index in [4.69, 9.17) is 4.74 Å². The number of nitro groups is 1. The van der Waals surface area contributed by atoms with Gasteiger partial charge in [-0.2, -0.15) is 0 Å². The van der Waals surface area contributed by atoms with Crippen molar-refractivity contribution in [2.24, 2.45) is 0 Å². The molecule has 148 valence electrons. The Hall–Kier alpha value is -3.72. The minimum absolute atomic E-state index is 0.0472. The molecule has 0 saturated carbocycles. The Balaban J connectivity index is 1.76. The molecule has 0 unspecified atom stereocenters. The molecule has 1 heterocycles. The predicted octanol–water partition coefficient (Wildman–Crippen LogP) is 4.48. The van der Waals surface area contributed by atoms with Crippen LogP contribution in [0.3, 0.4) is 0 Å². The Labute approximate surface area is 170 Å². The summed E-state index contributed by atoms with van der Waals surface area (Å²) in [7, 11) is 1.46. The number of aryl methyl sites for hydroxylation is 1. The highest BCUT2D eigenvalue weighted by Crippen LogP contribution is 2.29. The van der Waals surface area contributed by atoms with E-state index in [2.05, 4.69) is 10.6 Å². The maximum Gasteiger partial charge on any atom is 0.272 e. The monoisotopic (exact) mass is 411 g/mol. The lowest BCUT2D eigenvalue weighted by molar-refractivity contribution is -0.385. The van der Waals surface area contributed by atoms with Crippen LogP contribution in [0, 0.1) is 17.0 Å². The minimum atomic E-state index is -0.495. The smallest absolute Gasteiger partial charge is 0.272 e. The van der Waals surface area contributed by atoms with Crippen molar-refractivity contribution in [2.75, 3.05) is 17.7 Å². The van der Waals surface area contributed by atoms with Crippen LogP contribution in [0.25, 0.3) is 0 Å². The summed E-state index contributed by atoms with van der Waals surface area (Å²) in [6.45, 7) is 1.57. The van der Waals surface area contributed by atoms with Crippen LogP contribution >= 0.6 is 11.3 Å². The van der Waals surface area contributed by atoms with Crippen molar-refractivity contribution in [3.8, 4) is 5.75 Å². The number of nitrogens with one attached hydrogen (secondary N) is 2. The Kier molecular flexibility index (Phi) is 5.89. The maximum absolute atomic E-state index is 12.5. The number of thiophene rings is 1. The number of methoxy groups -OCH3 is 1. The molecule has 3 aromatic rings. The summed E-state index contributed by atoms with van der Waals surface area (Å²) in [5.74, 6) is -0.288. The lowest BCUT2D eigenvalue weighted by Crippen LogP contribution is -2.14. The molecule has 9 heteroatoms. The van der Waals surface area contributed by atoms with Gasteiger partial charge in [-0.05, 0) is 42.6 Å². The van der Waals surface area contributed by atoms with Gasteiger partial charge in [0.05, 0.1) is 22.6 Å². The van der Waals surface area contributed by atoms with Crippen molar-refractivity contribution >= 4 is 40.2 Å². The lowest BCUT2D eigenvalue weighted by Gasteiger charge is -2.12. The Morgan fingerprint density at radius 1 is 1.07 bits per heavy atom. The van der Waals surface area contributed by atoms with Crippen LogP contribution in [0.15, 0.2) is 53.9 Å². The van der Waals surface area contributed by atoms with E-state index < -0.39 is 10.8 Å². The number of nitrogens with zero attached hydrogens (tertiary/aromatic N) is 1. The van der Waals surface area contributed by atoms with Crippen LogP contribution in [0.5, 0.6) is 5.75 Å². The van der Waals surface area contributed by atoms with Crippen LogP contribution in [0.2, 0.25) is 0 Å². The van der Waals surface area contributed by atoms with Crippen molar-refractivity contribution in [1.82, 2.24) is 0 Å². The number of benzene rings is 2. The van der Waals surface area contributed by atoms with Gasteiger partial charge in [-0.1, -0.05) is 6.07 Å². The van der Waals surface area contributed by atoms with Crippen molar-refractivity contribution in [1.29, 1.82) is 0 Å². The third-order valence-electron chi connectivity index (χ3n) is 4.11. The largest absolute Gasteiger partial charge is 0.494 e. The van der Waals surface area contributed by atoms with E-state index in [0.29, 0.717) is 33.1 Å². The predicted molar refractivity (Wildman–Crippen MR) is 111 cm³/mol. The highest BCUT2D eigenvalue weighted by Gasteiger charge is 2.15. The van der Waals surface area contributed by atoms with Gasteiger partial charge < -0.3 is 15.4 Å². The van der Waals surface area contributed by atoms with Crippen molar-refractivity contribution < 1.29 is 19.2 Å². The van der Waals surface area contributed by atoms with Crippen LogP contribution < -0.4 is 15.4 Å². The average Bonchev–Trinajstić information content (AvgIpc) is 3.23. The molecule has 0 radical (unpaired) electrons. The number of amides is 2. The van der Waals surface area contributed by atoms with E-state index in [1.807, 2.05) is 5.38 Å². The molecule has 0 aliphatic rings. The number of nitro benzene ring substituents is 1. The van der Waals surface area contributed by atoms with Gasteiger partial charge in [0.2, 0.25) is 0 Å². The topological polar surface area (TPSA) is 111 Å². The highest BCUT2D eigenvalue weighted by atomic mass is 32.1. The quantitative estimate of drug-likeness (QED) is 0.459. The third-order valence-corrected chi connectivity index (χ3v) is 4.98. The van der Waals surface area contributed by atoms with Crippen molar-refractivity contribution in [3.63, 3.8) is 0 Å². The third kappa shape index (κ3) is 4.58. The molecule has 3 rings (SSSR count). The summed E-state index contributed by atoms with van der Waals surface area (Å²) in [5, 5.41) is 18.2. The van der Waals surface area contributed by atoms with E-state index in [1.54, 1.807) is 37.3 Å². The molecule has 29 heavy (non-hydrogen) atoms. The first-order chi connectivity index (χ1) is 13.9. The van der Waals surface area contributed by atoms with E-state index >= 15 is 0 Å². The normalized spacial score (nSPS) is 10.3. The fraction of sp³-hybridized carbons (Fsp3) is 0.100. The van der Waals surface area contributed by atoms with Crippen LogP contribution in [0.4, 0.5) is 17.1 Å². The van der Waals surface area contributed by atoms with Crippen LogP contribution in [0.1, 0.15) is 25.6 Å². The van der Waals surface area contributed by atoms with Gasteiger partial charge in [0.1, 0.15) is 5.75 Å². The first kappa shape index (κ1) is 20.0. The fourth-order valence-corrected chi connectivity index (χ4v) is 3.29. The number of rotatable bonds is 6. The molecule has 2 N–H and O–H groups in total. The molecule has 0 fully saturated rings. The van der Waals surface area contributed by atoms with Gasteiger partial charge in [0.25, 0.3) is 17.5 Å². The Morgan fingerprint density at radius 3 is 2.48 bits per heavy atom. The number of ether oxygens (including phenoxy) is 1. The summed E-state index contributed by atoms with van der Waals surface area (Å²) in [6, 6.07) is 12.5. The molecule has 2 aromatic carbocycles. The van der Waals surface area contributed by atoms with E-state index in [-0.39, 0.29) is 11.6 Å². The van der Waals surface area contributed by atoms with Gasteiger partial charge in [-0.25, -0.2) is 0 Å². The second-order valence-corrected chi connectivity index (χ2v) is 7.01. The van der Waals surface area contributed by atoms with E-state index in [9.17, 15) is 19.7 Å². The van der Waals surface area contributed by atoms with Gasteiger partial charge in [-0.3, -0.25) is 19.7 Å². The van der Waals surface area contributed by atoms with Crippen molar-refractivity contribution in [3.05, 3.63) is 80.0 Å². The number of hydrogen-bond donors (Lipinski definition) is 2. The molecule has 0 atom stereocenters. The molecule has 2 amide bonds. The maximum atomic E-state index is 12.5. The SMILES string of the molecule is COc1cc(NC(=O)c2ccc([N+](=O)[O-])c(C)c2)ccc1NC(=O)c1cccs1. The summed E-state index contributed by atoms with van der Waals surface area (Å²) in [6.07, 6.45) is 0. The first-order valence-electron chi connectivity index (χ1n) is 8.48. The molecule has 0 saturated heterocycles. The summed E-state index contributed by atoms with van der Waals surface area (Å²) in [4.78, 5) is 35.7. The molecular formula is C20H17N3O5S. The number of anilines is 2. The summed E-state index contributed by atoms with van der Waals surface area (Å²) < 4.78 is 5.32. The van der Waals surface area contributed by atoms with Crippen LogP contribution in [-0.4, -0.2) is 23.8 Å². The first-order valence-corrected chi connectivity index (χ1v) is 9.36. The standard InChI is InChI=1S/C20H17N3O5S/c1-12-10-13(5-8-16(12)23(26)27)19(24)21-14-6-7-15(17(11-14)28-2)22-20(25)18-4-3-9-29-18/h3-11H,1-2H3,(H,21,24)(H,22,25). The Morgan fingerprint density at radius 2 is 1.86 bits per heavy atom. The lowest BCUT2D eigenvalue weighted by atomic mass is 10.1. The van der Waals surface area contributed by atoms with Crippen LogP contribution in [-0.2, 0) is 0 Å². The number of carbonyl (C=O) groups excluding carboxylic acids is 2. The number of carbonyl (C=O) groups is 2. The summed E-state index contributed by atoms with van der Waals surface area (Å²) >= 11 is 1.32. The molecule has 1 aromatic heterocycles. The zero-order chi connectivity index (χ0) is 21.0. The van der Waals surface area contributed by atoms with Gasteiger partial charge in [-0.15, -0.1) is 11.3 Å². The molecular weight excluding hydrogens is 394 g/mol. The molecule has 0 aliphatic heterocycles. The molecule has 0 bridgehead atoms. The van der Waals surface area contributed by atoms with Crippen molar-refractivity contribution in [2.45, 2.75) is 6.92 Å². The highest BCUT2D eigenvalue weighted by molar-refractivity contribution is 7.12. The zero-order valence-electron chi connectivity index (χ0n) is 15.6. The summed E-state index contributed by atoms with van der Waals surface area (Å²) in [5.41, 5.74) is 1.56. The van der Waals surface area contributed by atoms with Gasteiger partial charge in [0, 0.05) is 28.9 Å². The van der Waals surface area contributed by atoms with Gasteiger partial charge >= 0.3 is 0 Å². The van der Waals surface area contributed by atoms with E-state index in [1.165, 1.54) is 36.6 Å². The molecule has 8 nitrogen and oxygen atoms in total. The Bertz CT molecular complexity index is 1080. The second-order valence-electron chi connectivity index (χ2n) is 6.06. The number of hydrogen-bond acceptors (Lipinski definition) is 6. The molecule has 0 aliphatic carbocycles. The van der Waals surface area contributed by atoms with E-state index in [0.717, 1.165) is 0 Å². The fourth-order valence-electron chi connectivity index (χ4n) is 2.67.